The van der Waals surface area contributed by atoms with Crippen LogP contribution in [0.2, 0.25) is 10.0 Å². The number of nitrogens with one attached hydrogen (secondary N) is 1. The average molecular weight is 529 g/mol. The van der Waals surface area contributed by atoms with Crippen LogP contribution < -0.4 is 0 Å². The summed E-state index contributed by atoms with van der Waals surface area (Å²) in [4.78, 5) is 19.0. The van der Waals surface area contributed by atoms with Gasteiger partial charge in [-0.15, -0.1) is 0 Å². The summed E-state index contributed by atoms with van der Waals surface area (Å²) in [6.07, 6.45) is 3.74. The summed E-state index contributed by atoms with van der Waals surface area (Å²) >= 11 is 13.9. The minimum atomic E-state index is -0.418. The molecule has 36 heavy (non-hydrogen) atoms. The summed E-state index contributed by atoms with van der Waals surface area (Å²) in [5.74, 6) is -0.304. The Bertz CT molecular complexity index is 1650. The Hall–Kier alpha value is -3.58. The fraction of sp³-hybridized carbons (Fsp3) is 0.0357. The summed E-state index contributed by atoms with van der Waals surface area (Å²) in [5, 5.41) is 13.5. The first-order valence-electron chi connectivity index (χ1n) is 11.2. The molecule has 0 unspecified atom stereocenters. The number of amides is 1. The lowest BCUT2D eigenvalue weighted by Gasteiger charge is -2.26. The van der Waals surface area contributed by atoms with E-state index in [1.54, 1.807) is 17.0 Å². The second-order valence-electron chi connectivity index (χ2n) is 8.39. The lowest BCUT2D eigenvalue weighted by Crippen LogP contribution is -2.37. The molecule has 0 aliphatic carbocycles. The van der Waals surface area contributed by atoms with E-state index >= 15 is 0 Å². The van der Waals surface area contributed by atoms with Crippen LogP contribution in [0.1, 0.15) is 16.7 Å². The van der Waals surface area contributed by atoms with Crippen LogP contribution in [0, 0.1) is 5.41 Å². The van der Waals surface area contributed by atoms with Crippen molar-refractivity contribution in [2.24, 2.45) is 4.99 Å². The van der Waals surface area contributed by atoms with Crippen molar-refractivity contribution < 1.29 is 4.79 Å². The highest BCUT2D eigenvalue weighted by Crippen LogP contribution is 2.38. The van der Waals surface area contributed by atoms with E-state index in [4.69, 9.17) is 28.6 Å². The van der Waals surface area contributed by atoms with E-state index in [9.17, 15) is 4.79 Å². The second-order valence-corrected chi connectivity index (χ2v) is 10.1. The molecule has 3 heterocycles. The Morgan fingerprint density at radius 3 is 2.58 bits per heavy atom. The van der Waals surface area contributed by atoms with Gasteiger partial charge in [0.1, 0.15) is 5.84 Å². The topological polar surface area (TPSA) is 61.5 Å². The zero-order valence-electron chi connectivity index (χ0n) is 18.8. The molecule has 1 amide bonds. The van der Waals surface area contributed by atoms with Crippen LogP contribution in [-0.4, -0.2) is 26.4 Å². The summed E-state index contributed by atoms with van der Waals surface area (Å²) < 4.78 is 2.09. The Morgan fingerprint density at radius 1 is 1.00 bits per heavy atom. The van der Waals surface area contributed by atoms with Gasteiger partial charge in [0.2, 0.25) is 0 Å². The van der Waals surface area contributed by atoms with Crippen molar-refractivity contribution in [2.45, 2.75) is 6.54 Å². The maximum atomic E-state index is 13.0. The average Bonchev–Trinajstić information content (AvgIpc) is 3.46. The number of carbonyl (C=O) groups excluding carboxylic acids is 1. The Kier molecular flexibility index (Phi) is 5.80. The first-order chi connectivity index (χ1) is 17.5. The van der Waals surface area contributed by atoms with Crippen molar-refractivity contribution in [3.05, 3.63) is 117 Å². The van der Waals surface area contributed by atoms with E-state index in [2.05, 4.69) is 9.56 Å². The van der Waals surface area contributed by atoms with Gasteiger partial charge in [-0.25, -0.2) is 0 Å². The number of para-hydroxylation sites is 1. The van der Waals surface area contributed by atoms with Crippen LogP contribution in [0.4, 0.5) is 0 Å². The van der Waals surface area contributed by atoms with Gasteiger partial charge in [-0.3, -0.25) is 15.1 Å². The highest BCUT2D eigenvalue weighted by atomic mass is 35.5. The maximum absolute atomic E-state index is 13.0. The number of carbonyl (C=O) groups is 1. The molecule has 0 bridgehead atoms. The SMILES string of the molecule is N=C1C(=Cc2cn(Cc3ccc(Cl)cc3Cl)c3ccccc23)C(=O)N=C2SC=C(c3ccccc3)N12. The third-order valence-electron chi connectivity index (χ3n) is 6.16. The van der Waals surface area contributed by atoms with Gasteiger partial charge in [0.25, 0.3) is 5.91 Å². The van der Waals surface area contributed by atoms with Gasteiger partial charge in [-0.2, -0.15) is 4.99 Å². The zero-order valence-corrected chi connectivity index (χ0v) is 21.1. The summed E-state index contributed by atoms with van der Waals surface area (Å²) in [6, 6.07) is 23.3. The number of aromatic nitrogens is 1. The van der Waals surface area contributed by atoms with Gasteiger partial charge in [-0.1, -0.05) is 89.6 Å². The molecule has 3 aromatic carbocycles. The van der Waals surface area contributed by atoms with Crippen molar-refractivity contribution in [1.29, 1.82) is 5.41 Å². The normalized spacial score (nSPS) is 16.5. The molecular formula is C28H18Cl2N4OS. The largest absolute Gasteiger partial charge is 0.342 e. The Balaban J connectivity index is 1.41. The number of aliphatic imine (C=N–C) groups is 1. The molecule has 8 heteroatoms. The molecule has 0 atom stereocenters. The highest BCUT2D eigenvalue weighted by Gasteiger charge is 2.36. The van der Waals surface area contributed by atoms with Gasteiger partial charge in [0.15, 0.2) is 5.17 Å². The van der Waals surface area contributed by atoms with Crippen LogP contribution in [0.3, 0.4) is 0 Å². The smallest absolute Gasteiger partial charge is 0.283 e. The number of rotatable bonds is 4. The number of hydrogen-bond acceptors (Lipinski definition) is 3. The van der Waals surface area contributed by atoms with E-state index in [1.165, 1.54) is 11.8 Å². The summed E-state index contributed by atoms with van der Waals surface area (Å²) in [7, 11) is 0. The van der Waals surface area contributed by atoms with E-state index in [0.29, 0.717) is 21.8 Å². The van der Waals surface area contributed by atoms with Crippen molar-refractivity contribution in [1.82, 2.24) is 9.47 Å². The number of thioether (sulfide) groups is 1. The molecule has 4 aromatic rings. The van der Waals surface area contributed by atoms with Crippen LogP contribution in [0.15, 0.2) is 95.0 Å². The van der Waals surface area contributed by atoms with Crippen molar-refractivity contribution in [3.63, 3.8) is 0 Å². The second kappa shape index (κ2) is 9.13. The van der Waals surface area contributed by atoms with Crippen LogP contribution >= 0.6 is 35.0 Å². The Labute approximate surface area is 221 Å². The quantitative estimate of drug-likeness (QED) is 0.282. The first kappa shape index (κ1) is 22.9. The molecule has 0 saturated heterocycles. The minimum Gasteiger partial charge on any atom is -0.342 e. The van der Waals surface area contributed by atoms with Crippen molar-refractivity contribution >= 4 is 74.6 Å². The maximum Gasteiger partial charge on any atom is 0.283 e. The molecule has 1 N–H and O–H groups in total. The van der Waals surface area contributed by atoms with Gasteiger partial charge < -0.3 is 4.57 Å². The standard InChI is InChI=1S/C28H18Cl2N4OS/c29-20-11-10-18(23(30)13-20)14-33-15-19(21-8-4-5-9-24(21)33)12-22-26(31)34-25(17-6-2-1-3-7-17)16-36-28(34)32-27(22)35/h1-13,15-16,31H,14H2. The van der Waals surface area contributed by atoms with E-state index in [0.717, 1.165) is 33.3 Å². The number of hydrogen-bond donors (Lipinski definition) is 1. The molecule has 2 aliphatic heterocycles. The number of benzene rings is 3. The molecule has 0 saturated carbocycles. The number of halogens is 2. The predicted octanol–water partition coefficient (Wildman–Crippen LogP) is 7.30. The van der Waals surface area contributed by atoms with Crippen LogP contribution in [-0.2, 0) is 11.3 Å². The van der Waals surface area contributed by atoms with E-state index in [1.807, 2.05) is 78.3 Å². The van der Waals surface area contributed by atoms with Crippen LogP contribution in [0.5, 0.6) is 0 Å². The first-order valence-corrected chi connectivity index (χ1v) is 12.8. The molecular weight excluding hydrogens is 511 g/mol. The minimum absolute atomic E-state index is 0.114. The van der Waals surface area contributed by atoms with E-state index < -0.39 is 5.91 Å². The number of nitrogens with zero attached hydrogens (tertiary/aromatic N) is 3. The third kappa shape index (κ3) is 3.97. The monoisotopic (exact) mass is 528 g/mol. The summed E-state index contributed by atoms with van der Waals surface area (Å²) in [5.41, 5.74) is 4.81. The van der Waals surface area contributed by atoms with Gasteiger partial charge in [-0.05, 0) is 35.4 Å². The molecule has 0 spiro atoms. The predicted molar refractivity (Wildman–Crippen MR) is 149 cm³/mol. The van der Waals surface area contributed by atoms with E-state index in [-0.39, 0.29) is 11.4 Å². The lowest BCUT2D eigenvalue weighted by atomic mass is 10.1. The molecule has 0 fully saturated rings. The molecule has 0 radical (unpaired) electrons. The van der Waals surface area contributed by atoms with Gasteiger partial charge in [0, 0.05) is 44.7 Å². The Morgan fingerprint density at radius 2 is 1.78 bits per heavy atom. The lowest BCUT2D eigenvalue weighted by molar-refractivity contribution is -0.114. The van der Waals surface area contributed by atoms with Gasteiger partial charge in [0.05, 0.1) is 11.3 Å². The fourth-order valence-electron chi connectivity index (χ4n) is 4.42. The molecule has 6 rings (SSSR count). The van der Waals surface area contributed by atoms with Crippen molar-refractivity contribution in [3.8, 4) is 0 Å². The molecule has 1 aromatic heterocycles. The summed E-state index contributed by atoms with van der Waals surface area (Å²) in [6.45, 7) is 0.539. The highest BCUT2D eigenvalue weighted by molar-refractivity contribution is 8.17. The van der Waals surface area contributed by atoms with Crippen LogP contribution in [0.25, 0.3) is 22.7 Å². The molecule has 176 valence electrons. The third-order valence-corrected chi connectivity index (χ3v) is 7.57. The molecule has 5 nitrogen and oxygen atoms in total. The number of amidine groups is 2. The van der Waals surface area contributed by atoms with Gasteiger partial charge >= 0.3 is 0 Å². The zero-order chi connectivity index (χ0) is 24.8. The fourth-order valence-corrected chi connectivity index (χ4v) is 5.78. The van der Waals surface area contributed by atoms with Crippen molar-refractivity contribution in [2.75, 3.05) is 0 Å². The number of fused-ring (bicyclic) bond motifs is 2. The molecule has 2 aliphatic rings.